The lowest BCUT2D eigenvalue weighted by atomic mass is 10.1. The molecule has 4 nitrogen and oxygen atoms in total. The number of ether oxygens (including phenoxy) is 1. The van der Waals surface area contributed by atoms with Gasteiger partial charge < -0.3 is 15.8 Å². The van der Waals surface area contributed by atoms with Crippen molar-refractivity contribution >= 4 is 28.9 Å². The number of rotatable bonds is 4. The van der Waals surface area contributed by atoms with Crippen LogP contribution in [-0.2, 0) is 0 Å². The Labute approximate surface area is 128 Å². The molecule has 3 N–H and O–H groups in total. The molecular formula is C16H17ClN2O2. The highest BCUT2D eigenvalue weighted by Crippen LogP contribution is 2.26. The Kier molecular flexibility index (Phi) is 4.70. The highest BCUT2D eigenvalue weighted by atomic mass is 35.5. The predicted molar refractivity (Wildman–Crippen MR) is 86.2 cm³/mol. The summed E-state index contributed by atoms with van der Waals surface area (Å²) in [6.07, 6.45) is 0. The highest BCUT2D eigenvalue weighted by Gasteiger charge is 2.10. The molecule has 2 aromatic carbocycles. The van der Waals surface area contributed by atoms with Gasteiger partial charge in [0.25, 0.3) is 5.91 Å². The molecule has 0 fully saturated rings. The number of carbonyl (C=O) groups excluding carboxylic acids is 1. The van der Waals surface area contributed by atoms with E-state index in [1.807, 2.05) is 19.9 Å². The third-order valence-electron chi connectivity index (χ3n) is 3.03. The lowest BCUT2D eigenvalue weighted by molar-refractivity contribution is 0.102. The summed E-state index contributed by atoms with van der Waals surface area (Å²) in [6, 6.07) is 10.3. The zero-order chi connectivity index (χ0) is 15.4. The van der Waals surface area contributed by atoms with E-state index in [9.17, 15) is 4.79 Å². The zero-order valence-electron chi connectivity index (χ0n) is 11.9. The topological polar surface area (TPSA) is 64.3 Å². The fourth-order valence-corrected chi connectivity index (χ4v) is 2.07. The number of carbonyl (C=O) groups is 1. The van der Waals surface area contributed by atoms with Crippen LogP contribution in [0.15, 0.2) is 36.4 Å². The molecule has 0 spiro atoms. The largest absolute Gasteiger partial charge is 0.492 e. The number of nitrogens with two attached hydrogens (primary N) is 1. The van der Waals surface area contributed by atoms with Crippen molar-refractivity contribution in [2.45, 2.75) is 13.8 Å². The van der Waals surface area contributed by atoms with Crippen LogP contribution in [0.3, 0.4) is 0 Å². The Morgan fingerprint density at radius 3 is 2.67 bits per heavy atom. The molecular weight excluding hydrogens is 288 g/mol. The van der Waals surface area contributed by atoms with Crippen molar-refractivity contribution in [3.63, 3.8) is 0 Å². The van der Waals surface area contributed by atoms with E-state index in [2.05, 4.69) is 5.32 Å². The van der Waals surface area contributed by atoms with Crippen molar-refractivity contribution in [2.24, 2.45) is 0 Å². The SMILES string of the molecule is CCOc1ccc(C(=O)Nc2ccc(C)c(N)c2)cc1Cl. The molecule has 0 saturated carbocycles. The van der Waals surface area contributed by atoms with Gasteiger partial charge in [-0.25, -0.2) is 0 Å². The third kappa shape index (κ3) is 3.67. The van der Waals surface area contributed by atoms with Gasteiger partial charge in [-0.15, -0.1) is 0 Å². The standard InChI is InChI=1S/C16H17ClN2O2/c1-3-21-15-7-5-11(8-13(15)17)16(20)19-12-6-4-10(2)14(18)9-12/h4-9H,3,18H2,1-2H3,(H,19,20). The van der Waals surface area contributed by atoms with Gasteiger partial charge in [0.1, 0.15) is 5.75 Å². The van der Waals surface area contributed by atoms with Crippen LogP contribution >= 0.6 is 11.6 Å². The number of halogens is 1. The first-order valence-electron chi connectivity index (χ1n) is 6.61. The smallest absolute Gasteiger partial charge is 0.255 e. The van der Waals surface area contributed by atoms with Crippen LogP contribution in [-0.4, -0.2) is 12.5 Å². The number of nitrogens with one attached hydrogen (secondary N) is 1. The van der Waals surface area contributed by atoms with Crippen LogP contribution in [0.4, 0.5) is 11.4 Å². The number of aryl methyl sites for hydroxylation is 1. The molecule has 110 valence electrons. The second-order valence-corrected chi connectivity index (χ2v) is 5.01. The molecule has 2 aromatic rings. The fourth-order valence-electron chi connectivity index (χ4n) is 1.84. The molecule has 5 heteroatoms. The lowest BCUT2D eigenvalue weighted by Gasteiger charge is -2.09. The molecule has 0 unspecified atom stereocenters. The van der Waals surface area contributed by atoms with E-state index < -0.39 is 0 Å². The summed E-state index contributed by atoms with van der Waals surface area (Å²) < 4.78 is 5.34. The molecule has 0 heterocycles. The zero-order valence-corrected chi connectivity index (χ0v) is 12.7. The number of hydrogen-bond acceptors (Lipinski definition) is 3. The summed E-state index contributed by atoms with van der Waals surface area (Å²) >= 11 is 6.08. The number of amides is 1. The number of nitrogen functional groups attached to an aromatic ring is 1. The molecule has 0 atom stereocenters. The lowest BCUT2D eigenvalue weighted by Crippen LogP contribution is -2.12. The van der Waals surface area contributed by atoms with Gasteiger partial charge in [-0.3, -0.25) is 4.79 Å². The first kappa shape index (κ1) is 15.2. The monoisotopic (exact) mass is 304 g/mol. The average Bonchev–Trinajstić information content (AvgIpc) is 2.45. The van der Waals surface area contributed by atoms with Gasteiger partial charge in [0, 0.05) is 16.9 Å². The van der Waals surface area contributed by atoms with Gasteiger partial charge >= 0.3 is 0 Å². The van der Waals surface area contributed by atoms with Crippen molar-refractivity contribution in [2.75, 3.05) is 17.7 Å². The van der Waals surface area contributed by atoms with E-state index in [0.717, 1.165) is 5.56 Å². The van der Waals surface area contributed by atoms with Crippen molar-refractivity contribution in [1.82, 2.24) is 0 Å². The van der Waals surface area contributed by atoms with Crippen LogP contribution < -0.4 is 15.8 Å². The quantitative estimate of drug-likeness (QED) is 0.842. The van der Waals surface area contributed by atoms with Gasteiger partial charge in [0.15, 0.2) is 0 Å². The first-order valence-corrected chi connectivity index (χ1v) is 6.99. The van der Waals surface area contributed by atoms with Crippen LogP contribution in [0.2, 0.25) is 5.02 Å². The van der Waals surface area contributed by atoms with Crippen LogP contribution in [0.5, 0.6) is 5.75 Å². The Morgan fingerprint density at radius 2 is 2.05 bits per heavy atom. The van der Waals surface area contributed by atoms with Crippen molar-refractivity contribution in [3.8, 4) is 5.75 Å². The Bertz CT molecular complexity index is 671. The van der Waals surface area contributed by atoms with Gasteiger partial charge in [-0.05, 0) is 49.7 Å². The number of anilines is 2. The van der Waals surface area contributed by atoms with E-state index in [1.54, 1.807) is 30.3 Å². The minimum absolute atomic E-state index is 0.247. The van der Waals surface area contributed by atoms with Gasteiger partial charge in [-0.1, -0.05) is 17.7 Å². The first-order chi connectivity index (χ1) is 10.0. The van der Waals surface area contributed by atoms with E-state index in [1.165, 1.54) is 0 Å². The highest BCUT2D eigenvalue weighted by molar-refractivity contribution is 6.32. The number of hydrogen-bond donors (Lipinski definition) is 2. The minimum Gasteiger partial charge on any atom is -0.492 e. The maximum absolute atomic E-state index is 12.2. The van der Waals surface area contributed by atoms with Crippen molar-refractivity contribution < 1.29 is 9.53 Å². The molecule has 0 aliphatic carbocycles. The van der Waals surface area contributed by atoms with Crippen molar-refractivity contribution in [1.29, 1.82) is 0 Å². The Balaban J connectivity index is 2.16. The second kappa shape index (κ2) is 6.50. The van der Waals surface area contributed by atoms with Gasteiger partial charge in [0.05, 0.1) is 11.6 Å². The molecule has 0 radical (unpaired) electrons. The molecule has 0 bridgehead atoms. The summed E-state index contributed by atoms with van der Waals surface area (Å²) in [5.74, 6) is 0.318. The molecule has 0 saturated heterocycles. The third-order valence-corrected chi connectivity index (χ3v) is 3.33. The van der Waals surface area contributed by atoms with Crippen molar-refractivity contribution in [3.05, 3.63) is 52.5 Å². The summed E-state index contributed by atoms with van der Waals surface area (Å²) in [5, 5.41) is 3.20. The van der Waals surface area contributed by atoms with E-state index in [4.69, 9.17) is 22.1 Å². The fraction of sp³-hybridized carbons (Fsp3) is 0.188. The van der Waals surface area contributed by atoms with Gasteiger partial charge in [0.2, 0.25) is 0 Å². The van der Waals surface area contributed by atoms with Crippen LogP contribution in [0.1, 0.15) is 22.8 Å². The molecule has 0 aliphatic heterocycles. The summed E-state index contributed by atoms with van der Waals surface area (Å²) in [4.78, 5) is 12.2. The Morgan fingerprint density at radius 1 is 1.29 bits per heavy atom. The molecule has 2 rings (SSSR count). The Hall–Kier alpha value is -2.20. The summed E-state index contributed by atoms with van der Waals surface area (Å²) in [5.41, 5.74) is 8.54. The summed E-state index contributed by atoms with van der Waals surface area (Å²) in [7, 11) is 0. The molecule has 1 amide bonds. The van der Waals surface area contributed by atoms with E-state index >= 15 is 0 Å². The van der Waals surface area contributed by atoms with Gasteiger partial charge in [-0.2, -0.15) is 0 Å². The normalized spacial score (nSPS) is 10.2. The molecule has 0 aromatic heterocycles. The number of benzene rings is 2. The minimum atomic E-state index is -0.247. The predicted octanol–water partition coefficient (Wildman–Crippen LogP) is 3.88. The average molecular weight is 305 g/mol. The molecule has 21 heavy (non-hydrogen) atoms. The molecule has 0 aliphatic rings. The van der Waals surface area contributed by atoms with E-state index in [-0.39, 0.29) is 5.91 Å². The summed E-state index contributed by atoms with van der Waals surface area (Å²) in [6.45, 7) is 4.31. The van der Waals surface area contributed by atoms with Crippen LogP contribution in [0.25, 0.3) is 0 Å². The maximum Gasteiger partial charge on any atom is 0.255 e. The second-order valence-electron chi connectivity index (χ2n) is 4.60. The van der Waals surface area contributed by atoms with Crippen LogP contribution in [0, 0.1) is 6.92 Å². The maximum atomic E-state index is 12.2. The van der Waals surface area contributed by atoms with E-state index in [0.29, 0.717) is 34.3 Å².